The number of hydrogen-bond acceptors (Lipinski definition) is 4. The highest BCUT2D eigenvalue weighted by molar-refractivity contribution is 7.13. The molecule has 0 unspecified atom stereocenters. The van der Waals surface area contributed by atoms with Gasteiger partial charge in [-0.2, -0.15) is 0 Å². The first-order valence-electron chi connectivity index (χ1n) is 3.94. The van der Waals surface area contributed by atoms with Crippen molar-refractivity contribution in [3.63, 3.8) is 0 Å². The number of carbonyl (C=O) groups excluding carboxylic acids is 1. The third-order valence-electron chi connectivity index (χ3n) is 1.10. The Labute approximate surface area is 85.8 Å². The Morgan fingerprint density at radius 2 is 2.36 bits per heavy atom. The summed E-state index contributed by atoms with van der Waals surface area (Å²) >= 11 is 1.45. The van der Waals surface area contributed by atoms with E-state index in [1.807, 2.05) is 12.3 Å². The third-order valence-corrected chi connectivity index (χ3v) is 1.92. The van der Waals surface area contributed by atoms with E-state index in [-0.39, 0.29) is 0 Å². The zero-order valence-electron chi connectivity index (χ0n) is 7.98. The summed E-state index contributed by atoms with van der Waals surface area (Å²) in [4.78, 5) is 23.0. The van der Waals surface area contributed by atoms with Crippen LogP contribution in [0.25, 0.3) is 0 Å². The normalized spacial score (nSPS) is 8.43. The van der Waals surface area contributed by atoms with Crippen molar-refractivity contribution in [2.75, 3.05) is 5.32 Å². The van der Waals surface area contributed by atoms with Crippen molar-refractivity contribution in [2.24, 2.45) is 0 Å². The van der Waals surface area contributed by atoms with Crippen molar-refractivity contribution < 1.29 is 14.7 Å². The second kappa shape index (κ2) is 7.02. The molecule has 0 aromatic carbocycles. The second-order valence-electron chi connectivity index (χ2n) is 2.28. The molecule has 0 aliphatic heterocycles. The number of thiazole rings is 1. The number of aryl methyl sites for hydroxylation is 1. The number of nitrogens with one attached hydrogen (secondary N) is 1. The van der Waals surface area contributed by atoms with E-state index in [2.05, 4.69) is 10.3 Å². The number of hydrogen-bond donors (Lipinski definition) is 2. The van der Waals surface area contributed by atoms with Gasteiger partial charge >= 0.3 is 0 Å². The predicted octanol–water partition coefficient (Wildman–Crippen LogP) is 1.36. The molecule has 0 spiro atoms. The fraction of sp³-hybridized carbons (Fsp3) is 0.375. The largest absolute Gasteiger partial charge is 0.481 e. The highest BCUT2D eigenvalue weighted by Crippen LogP contribution is 2.14. The Kier molecular flexibility index (Phi) is 6.30. The molecule has 2 N–H and O–H groups in total. The van der Waals surface area contributed by atoms with Crippen LogP contribution in [0.3, 0.4) is 0 Å². The van der Waals surface area contributed by atoms with Crippen molar-refractivity contribution >= 4 is 28.8 Å². The molecule has 5 nitrogen and oxygen atoms in total. The number of aliphatic carboxylic acids is 1. The molecular formula is C8H12N2O3S. The zero-order valence-corrected chi connectivity index (χ0v) is 8.80. The van der Waals surface area contributed by atoms with Crippen LogP contribution in [0.4, 0.5) is 5.13 Å². The first kappa shape index (κ1) is 12.6. The van der Waals surface area contributed by atoms with Gasteiger partial charge in [0, 0.05) is 12.3 Å². The average molecular weight is 216 g/mol. The summed E-state index contributed by atoms with van der Waals surface area (Å²) in [6, 6.07) is 0. The van der Waals surface area contributed by atoms with Crippen LogP contribution in [0, 0.1) is 0 Å². The summed E-state index contributed by atoms with van der Waals surface area (Å²) in [6.07, 6.45) is 1.55. The van der Waals surface area contributed by atoms with Gasteiger partial charge in [-0.05, 0) is 6.42 Å². The van der Waals surface area contributed by atoms with Gasteiger partial charge in [-0.15, -0.1) is 11.3 Å². The number of amides is 1. The van der Waals surface area contributed by atoms with Gasteiger partial charge in [0.1, 0.15) is 0 Å². The van der Waals surface area contributed by atoms with Crippen LogP contribution >= 0.6 is 11.3 Å². The topological polar surface area (TPSA) is 79.3 Å². The lowest BCUT2D eigenvalue weighted by atomic mass is 10.4. The number of aromatic nitrogens is 1. The molecule has 0 saturated carbocycles. The molecule has 78 valence electrons. The maximum atomic E-state index is 9.93. The Balaban J connectivity index is 0.000000364. The predicted molar refractivity (Wildman–Crippen MR) is 54.5 cm³/mol. The first-order chi connectivity index (χ1) is 6.60. The lowest BCUT2D eigenvalue weighted by Gasteiger charge is -1.86. The molecule has 0 aliphatic rings. The zero-order chi connectivity index (χ0) is 11.0. The number of carboxylic acid groups (broad SMARTS) is 1. The molecule has 0 bridgehead atoms. The summed E-state index contributed by atoms with van der Waals surface area (Å²) in [6.45, 7) is 3.11. The van der Waals surface area contributed by atoms with Crippen molar-refractivity contribution in [1.29, 1.82) is 0 Å². The summed E-state index contributed by atoms with van der Waals surface area (Å²) in [5.74, 6) is -0.833. The highest BCUT2D eigenvalue weighted by Gasteiger charge is 1.96. The van der Waals surface area contributed by atoms with Crippen LogP contribution in [0.5, 0.6) is 0 Å². The van der Waals surface area contributed by atoms with Crippen LogP contribution in [0.1, 0.15) is 19.5 Å². The first-order valence-corrected chi connectivity index (χ1v) is 4.82. The van der Waals surface area contributed by atoms with Crippen LogP contribution in [-0.2, 0) is 16.0 Å². The Morgan fingerprint density at radius 1 is 1.79 bits per heavy atom. The van der Waals surface area contributed by atoms with Gasteiger partial charge in [0.05, 0.1) is 5.69 Å². The van der Waals surface area contributed by atoms with E-state index in [0.29, 0.717) is 11.5 Å². The lowest BCUT2D eigenvalue weighted by Crippen LogP contribution is -1.92. The summed E-state index contributed by atoms with van der Waals surface area (Å²) in [5, 5.41) is 12.5. The lowest BCUT2D eigenvalue weighted by molar-refractivity contribution is -0.134. The van der Waals surface area contributed by atoms with Gasteiger partial charge < -0.3 is 10.4 Å². The molecule has 1 amide bonds. The minimum Gasteiger partial charge on any atom is -0.481 e. The maximum Gasteiger partial charge on any atom is 0.300 e. The van der Waals surface area contributed by atoms with Gasteiger partial charge in [-0.25, -0.2) is 4.98 Å². The van der Waals surface area contributed by atoms with E-state index in [0.717, 1.165) is 19.0 Å². The van der Waals surface area contributed by atoms with Crippen molar-refractivity contribution in [3.05, 3.63) is 11.1 Å². The van der Waals surface area contributed by atoms with Gasteiger partial charge in [-0.1, -0.05) is 6.92 Å². The molecule has 0 radical (unpaired) electrons. The number of anilines is 1. The second-order valence-corrected chi connectivity index (χ2v) is 3.14. The van der Waals surface area contributed by atoms with E-state index in [9.17, 15) is 4.79 Å². The molecular weight excluding hydrogens is 204 g/mol. The van der Waals surface area contributed by atoms with Gasteiger partial charge in [0.2, 0.25) is 6.41 Å². The molecule has 0 atom stereocenters. The van der Waals surface area contributed by atoms with Crippen molar-refractivity contribution in [1.82, 2.24) is 4.98 Å². The molecule has 14 heavy (non-hydrogen) atoms. The van der Waals surface area contributed by atoms with E-state index in [1.165, 1.54) is 11.3 Å². The van der Waals surface area contributed by atoms with E-state index < -0.39 is 5.97 Å². The van der Waals surface area contributed by atoms with Gasteiger partial charge in [0.25, 0.3) is 5.97 Å². The molecule has 1 aromatic heterocycles. The Hall–Kier alpha value is -1.43. The minimum absolute atomic E-state index is 0.637. The molecule has 6 heteroatoms. The third kappa shape index (κ3) is 6.13. The molecule has 1 rings (SSSR count). The number of carboxylic acids is 1. The van der Waals surface area contributed by atoms with Crippen LogP contribution < -0.4 is 5.32 Å². The molecule has 1 aromatic rings. The highest BCUT2D eigenvalue weighted by atomic mass is 32.1. The summed E-state index contributed by atoms with van der Waals surface area (Å²) in [5.41, 5.74) is 1.02. The van der Waals surface area contributed by atoms with Gasteiger partial charge in [0.15, 0.2) is 5.13 Å². The van der Waals surface area contributed by atoms with Crippen molar-refractivity contribution in [2.45, 2.75) is 20.3 Å². The van der Waals surface area contributed by atoms with Gasteiger partial charge in [-0.3, -0.25) is 9.59 Å². The molecule has 0 fully saturated rings. The smallest absolute Gasteiger partial charge is 0.300 e. The number of nitrogens with zero attached hydrogens (tertiary/aromatic N) is 1. The van der Waals surface area contributed by atoms with Crippen LogP contribution in [0.15, 0.2) is 5.38 Å². The molecule has 0 aliphatic carbocycles. The SMILES string of the molecule is CC(=O)O.CCc1csc(NC=O)n1. The molecule has 1 heterocycles. The van der Waals surface area contributed by atoms with Crippen LogP contribution in [-0.4, -0.2) is 22.5 Å². The number of carbonyl (C=O) groups is 2. The minimum atomic E-state index is -0.833. The van der Waals surface area contributed by atoms with E-state index in [4.69, 9.17) is 9.90 Å². The monoisotopic (exact) mass is 216 g/mol. The molecule has 0 saturated heterocycles. The fourth-order valence-corrected chi connectivity index (χ4v) is 1.34. The standard InChI is InChI=1S/C6H8N2OS.C2H4O2/c1-2-5-3-10-6(8-5)7-4-9;1-2(3)4/h3-4H,2H2,1H3,(H,7,8,9);1H3,(H,3,4). The van der Waals surface area contributed by atoms with Crippen molar-refractivity contribution in [3.8, 4) is 0 Å². The van der Waals surface area contributed by atoms with E-state index >= 15 is 0 Å². The Bertz CT molecular complexity index is 295. The average Bonchev–Trinajstić information content (AvgIpc) is 2.52. The Morgan fingerprint density at radius 3 is 2.71 bits per heavy atom. The quantitative estimate of drug-likeness (QED) is 0.748. The van der Waals surface area contributed by atoms with Crippen LogP contribution in [0.2, 0.25) is 0 Å². The number of rotatable bonds is 3. The summed E-state index contributed by atoms with van der Waals surface area (Å²) < 4.78 is 0. The van der Waals surface area contributed by atoms with E-state index in [1.54, 1.807) is 0 Å². The summed E-state index contributed by atoms with van der Waals surface area (Å²) in [7, 11) is 0. The maximum absolute atomic E-state index is 9.93. The fourth-order valence-electron chi connectivity index (χ4n) is 0.586.